The van der Waals surface area contributed by atoms with Crippen LogP contribution >= 0.6 is 11.3 Å². The highest BCUT2D eigenvalue weighted by Gasteiger charge is 2.30. The van der Waals surface area contributed by atoms with Gasteiger partial charge in [-0.2, -0.15) is 0 Å². The summed E-state index contributed by atoms with van der Waals surface area (Å²) in [4.78, 5) is 15.1. The zero-order chi connectivity index (χ0) is 18.4. The van der Waals surface area contributed by atoms with Crippen LogP contribution in [0, 0.1) is 5.92 Å². The van der Waals surface area contributed by atoms with Gasteiger partial charge in [0, 0.05) is 45.5 Å². The smallest absolute Gasteiger partial charge is 0.227 e. The molecular formula is C19H25N7S. The van der Waals surface area contributed by atoms with Crippen LogP contribution in [0.5, 0.6) is 0 Å². The molecule has 1 atom stereocenters. The molecule has 0 spiro atoms. The van der Waals surface area contributed by atoms with E-state index in [4.69, 9.17) is 4.98 Å². The van der Waals surface area contributed by atoms with Crippen molar-refractivity contribution >= 4 is 27.6 Å². The molecule has 0 bridgehead atoms. The van der Waals surface area contributed by atoms with Crippen LogP contribution in [0.2, 0.25) is 0 Å². The monoisotopic (exact) mass is 383 g/mol. The maximum Gasteiger partial charge on any atom is 0.227 e. The van der Waals surface area contributed by atoms with Crippen LogP contribution in [0.1, 0.15) is 26.2 Å². The zero-order valence-corrected chi connectivity index (χ0v) is 16.7. The molecule has 1 aliphatic carbocycles. The molecule has 3 aromatic heterocycles. The summed E-state index contributed by atoms with van der Waals surface area (Å²) in [5, 5.41) is 9.88. The van der Waals surface area contributed by atoms with E-state index in [9.17, 15) is 0 Å². The Morgan fingerprint density at radius 2 is 2.04 bits per heavy atom. The topological polar surface area (TPSA) is 63.0 Å². The molecule has 8 heteroatoms. The van der Waals surface area contributed by atoms with E-state index in [1.165, 1.54) is 25.8 Å². The molecule has 2 fully saturated rings. The minimum absolute atomic E-state index is 0.625. The van der Waals surface area contributed by atoms with Crippen molar-refractivity contribution in [2.75, 3.05) is 31.1 Å². The highest BCUT2D eigenvalue weighted by molar-refractivity contribution is 7.21. The molecule has 5 rings (SSSR count). The van der Waals surface area contributed by atoms with Crippen molar-refractivity contribution in [3.8, 4) is 10.8 Å². The summed E-state index contributed by atoms with van der Waals surface area (Å²) < 4.78 is 2.09. The number of hydrogen-bond acceptors (Lipinski definition) is 7. The van der Waals surface area contributed by atoms with Crippen LogP contribution in [-0.2, 0) is 7.05 Å². The molecular weight excluding hydrogens is 358 g/mol. The molecule has 3 aromatic rings. The van der Waals surface area contributed by atoms with Crippen molar-refractivity contribution in [1.29, 1.82) is 0 Å². The molecule has 0 N–H and O–H groups in total. The maximum atomic E-state index is 4.70. The van der Waals surface area contributed by atoms with Gasteiger partial charge in [0.25, 0.3) is 0 Å². The molecule has 1 saturated heterocycles. The van der Waals surface area contributed by atoms with Crippen LogP contribution in [0.3, 0.4) is 0 Å². The quantitative estimate of drug-likeness (QED) is 0.693. The fourth-order valence-electron chi connectivity index (χ4n) is 4.18. The van der Waals surface area contributed by atoms with Crippen molar-refractivity contribution < 1.29 is 0 Å². The third-order valence-corrected chi connectivity index (χ3v) is 6.79. The summed E-state index contributed by atoms with van der Waals surface area (Å²) in [7, 11) is 2.05. The largest absolute Gasteiger partial charge is 0.339 e. The van der Waals surface area contributed by atoms with Gasteiger partial charge in [0.1, 0.15) is 10.3 Å². The predicted molar refractivity (Wildman–Crippen MR) is 108 cm³/mol. The Hall–Kier alpha value is -2.06. The molecule has 0 amide bonds. The van der Waals surface area contributed by atoms with Gasteiger partial charge in [0.05, 0.1) is 0 Å². The Balaban J connectivity index is 1.40. The second kappa shape index (κ2) is 6.83. The second-order valence-corrected chi connectivity index (χ2v) is 8.84. The first-order valence-corrected chi connectivity index (χ1v) is 10.6. The van der Waals surface area contributed by atoms with E-state index >= 15 is 0 Å². The lowest BCUT2D eigenvalue weighted by atomic mass is 9.91. The van der Waals surface area contributed by atoms with E-state index in [-0.39, 0.29) is 0 Å². The van der Waals surface area contributed by atoms with Crippen molar-refractivity contribution in [1.82, 2.24) is 29.6 Å². The molecule has 2 aliphatic rings. The second-order valence-electron chi connectivity index (χ2n) is 7.86. The zero-order valence-electron chi connectivity index (χ0n) is 15.9. The lowest BCUT2D eigenvalue weighted by Gasteiger charge is -2.37. The average molecular weight is 384 g/mol. The normalized spacial score (nSPS) is 22.1. The first-order valence-electron chi connectivity index (χ1n) is 9.79. The standard InChI is InChI=1S/C19H25N7S/c1-13-11-25(14-5-3-6-14)9-10-26(12-13)19-23-22-16(24(19)2)18-21-15-7-4-8-20-17(15)27-18/h4,7-8,13-14H,3,5-6,9-12H2,1-2H3. The fourth-order valence-corrected chi connectivity index (χ4v) is 5.11. The third-order valence-electron chi connectivity index (χ3n) is 5.82. The minimum Gasteiger partial charge on any atom is -0.339 e. The van der Waals surface area contributed by atoms with Crippen molar-refractivity contribution in [3.63, 3.8) is 0 Å². The number of thiazole rings is 1. The lowest BCUT2D eigenvalue weighted by molar-refractivity contribution is 0.124. The fraction of sp³-hybridized carbons (Fsp3) is 0.579. The summed E-state index contributed by atoms with van der Waals surface area (Å²) in [6.07, 6.45) is 5.93. The predicted octanol–water partition coefficient (Wildman–Crippen LogP) is 2.80. The van der Waals surface area contributed by atoms with E-state index in [1.807, 2.05) is 19.2 Å². The average Bonchev–Trinajstić information content (AvgIpc) is 3.14. The molecule has 0 radical (unpaired) electrons. The molecule has 4 heterocycles. The number of nitrogens with zero attached hydrogens (tertiary/aromatic N) is 7. The van der Waals surface area contributed by atoms with Gasteiger partial charge in [-0.3, -0.25) is 9.47 Å². The first kappa shape index (κ1) is 17.1. The number of pyridine rings is 1. The summed E-state index contributed by atoms with van der Waals surface area (Å²) in [5.41, 5.74) is 0.918. The molecule has 27 heavy (non-hydrogen) atoms. The Morgan fingerprint density at radius 1 is 1.15 bits per heavy atom. The summed E-state index contributed by atoms with van der Waals surface area (Å²) in [6, 6.07) is 4.71. The summed E-state index contributed by atoms with van der Waals surface area (Å²) in [6.45, 7) is 6.68. The molecule has 1 aliphatic heterocycles. The van der Waals surface area contributed by atoms with E-state index in [0.717, 1.165) is 52.8 Å². The molecule has 1 unspecified atom stereocenters. The van der Waals surface area contributed by atoms with Crippen LogP contribution in [-0.4, -0.2) is 61.9 Å². The third kappa shape index (κ3) is 3.10. The van der Waals surface area contributed by atoms with Gasteiger partial charge in [-0.1, -0.05) is 24.7 Å². The van der Waals surface area contributed by atoms with E-state index < -0.39 is 0 Å². The number of anilines is 1. The number of fused-ring (bicyclic) bond motifs is 1. The maximum absolute atomic E-state index is 4.70. The van der Waals surface area contributed by atoms with Gasteiger partial charge in [-0.05, 0) is 30.9 Å². The molecule has 7 nitrogen and oxygen atoms in total. The van der Waals surface area contributed by atoms with Crippen LogP contribution in [0.4, 0.5) is 5.95 Å². The van der Waals surface area contributed by atoms with Crippen LogP contribution in [0.25, 0.3) is 21.2 Å². The minimum atomic E-state index is 0.625. The number of hydrogen-bond donors (Lipinski definition) is 0. The molecule has 1 saturated carbocycles. The summed E-state index contributed by atoms with van der Waals surface area (Å²) >= 11 is 1.57. The Bertz CT molecular complexity index is 912. The SMILES string of the molecule is CC1CN(c2nnc(-c3nc4cccnc4s3)n2C)CCN(C2CCC2)C1. The van der Waals surface area contributed by atoms with Gasteiger partial charge in [-0.25, -0.2) is 9.97 Å². The van der Waals surface area contributed by atoms with Crippen LogP contribution < -0.4 is 4.90 Å². The Labute approximate surface area is 163 Å². The lowest BCUT2D eigenvalue weighted by Crippen LogP contribution is -2.43. The van der Waals surface area contributed by atoms with Crippen molar-refractivity contribution in [2.24, 2.45) is 13.0 Å². The van der Waals surface area contributed by atoms with Crippen LogP contribution in [0.15, 0.2) is 18.3 Å². The van der Waals surface area contributed by atoms with Gasteiger partial charge >= 0.3 is 0 Å². The van der Waals surface area contributed by atoms with Crippen molar-refractivity contribution in [2.45, 2.75) is 32.2 Å². The number of aromatic nitrogens is 5. The highest BCUT2D eigenvalue weighted by Crippen LogP contribution is 2.30. The van der Waals surface area contributed by atoms with Crippen molar-refractivity contribution in [3.05, 3.63) is 18.3 Å². The molecule has 0 aromatic carbocycles. The Kier molecular flexibility index (Phi) is 4.32. The Morgan fingerprint density at radius 3 is 2.81 bits per heavy atom. The number of rotatable bonds is 3. The van der Waals surface area contributed by atoms with E-state index in [2.05, 4.69) is 36.5 Å². The van der Waals surface area contributed by atoms with Gasteiger partial charge in [-0.15, -0.1) is 10.2 Å². The summed E-state index contributed by atoms with van der Waals surface area (Å²) in [5.74, 6) is 2.39. The van der Waals surface area contributed by atoms with Gasteiger partial charge < -0.3 is 4.90 Å². The highest BCUT2D eigenvalue weighted by atomic mass is 32.1. The molecule has 142 valence electrons. The van der Waals surface area contributed by atoms with Gasteiger partial charge in [0.2, 0.25) is 5.95 Å². The first-order chi connectivity index (χ1) is 13.2. The van der Waals surface area contributed by atoms with Gasteiger partial charge in [0.15, 0.2) is 10.8 Å². The van der Waals surface area contributed by atoms with E-state index in [1.54, 1.807) is 17.5 Å². The van der Waals surface area contributed by atoms with E-state index in [0.29, 0.717) is 5.92 Å².